The van der Waals surface area contributed by atoms with Gasteiger partial charge in [-0.15, -0.1) is 0 Å². The van der Waals surface area contributed by atoms with E-state index in [1.807, 2.05) is 18.2 Å². The van der Waals surface area contributed by atoms with E-state index >= 15 is 0 Å². The molecule has 0 aliphatic carbocycles. The fourth-order valence-electron chi connectivity index (χ4n) is 2.21. The molecule has 0 bridgehead atoms. The summed E-state index contributed by atoms with van der Waals surface area (Å²) >= 11 is 0. The molecule has 3 aromatic rings. The Bertz CT molecular complexity index is 857. The molecule has 0 amide bonds. The van der Waals surface area contributed by atoms with E-state index in [9.17, 15) is 0 Å². The highest BCUT2D eigenvalue weighted by Crippen LogP contribution is 2.34. The van der Waals surface area contributed by atoms with Gasteiger partial charge in [-0.25, -0.2) is 9.97 Å². The first-order chi connectivity index (χ1) is 12.2. The van der Waals surface area contributed by atoms with Gasteiger partial charge in [0, 0.05) is 24.1 Å². The number of aromatic nitrogens is 3. The number of hydrogen-bond acceptors (Lipinski definition) is 8. The monoisotopic (exact) mass is 338 g/mol. The summed E-state index contributed by atoms with van der Waals surface area (Å²) in [6, 6.07) is 9.05. The van der Waals surface area contributed by atoms with Gasteiger partial charge >= 0.3 is 0 Å². The van der Waals surface area contributed by atoms with E-state index in [1.165, 1.54) is 6.33 Å². The second-order valence-corrected chi connectivity index (χ2v) is 5.04. The Morgan fingerprint density at radius 3 is 2.32 bits per heavy atom. The van der Waals surface area contributed by atoms with Gasteiger partial charge in [0.15, 0.2) is 11.6 Å². The smallest absolute Gasteiger partial charge is 0.159 e. The summed E-state index contributed by atoms with van der Waals surface area (Å²) in [6.45, 7) is 0. The predicted molar refractivity (Wildman–Crippen MR) is 96.8 cm³/mol. The highest BCUT2D eigenvalue weighted by Gasteiger charge is 2.12. The van der Waals surface area contributed by atoms with E-state index < -0.39 is 0 Å². The molecular weight excluding hydrogens is 320 g/mol. The second-order valence-electron chi connectivity index (χ2n) is 5.04. The molecule has 0 atom stereocenters. The number of benzene rings is 1. The number of methoxy groups -OCH3 is 2. The van der Waals surface area contributed by atoms with Gasteiger partial charge < -0.3 is 25.8 Å². The van der Waals surface area contributed by atoms with Crippen molar-refractivity contribution in [3.63, 3.8) is 0 Å². The van der Waals surface area contributed by atoms with Gasteiger partial charge in [0.05, 0.1) is 19.9 Å². The zero-order valence-electron chi connectivity index (χ0n) is 13.9. The van der Waals surface area contributed by atoms with Gasteiger partial charge in [-0.1, -0.05) is 0 Å². The minimum Gasteiger partial charge on any atom is -0.497 e. The van der Waals surface area contributed by atoms with E-state index in [1.54, 1.807) is 38.7 Å². The highest BCUT2D eigenvalue weighted by molar-refractivity contribution is 5.81. The maximum atomic E-state index is 6.20. The number of anilines is 5. The number of rotatable bonds is 6. The molecule has 1 aromatic carbocycles. The van der Waals surface area contributed by atoms with Crippen LogP contribution in [0.25, 0.3) is 0 Å². The minimum atomic E-state index is 0.379. The lowest BCUT2D eigenvalue weighted by atomic mass is 10.2. The summed E-state index contributed by atoms with van der Waals surface area (Å²) in [6.07, 6.45) is 4.79. The molecule has 0 fully saturated rings. The molecule has 0 unspecified atom stereocenters. The van der Waals surface area contributed by atoms with Crippen LogP contribution >= 0.6 is 0 Å². The number of nitrogen functional groups attached to an aromatic ring is 1. The third-order valence-corrected chi connectivity index (χ3v) is 3.49. The van der Waals surface area contributed by atoms with Crippen molar-refractivity contribution in [2.75, 3.05) is 30.6 Å². The second kappa shape index (κ2) is 7.35. The third-order valence-electron chi connectivity index (χ3n) is 3.49. The Morgan fingerprint density at radius 1 is 0.920 bits per heavy atom. The van der Waals surface area contributed by atoms with E-state index in [2.05, 4.69) is 25.6 Å². The lowest BCUT2D eigenvalue weighted by Crippen LogP contribution is -2.06. The van der Waals surface area contributed by atoms with Crippen LogP contribution in [0.2, 0.25) is 0 Å². The fraction of sp³-hybridized carbons (Fsp3) is 0.118. The van der Waals surface area contributed by atoms with Crippen LogP contribution in [0.4, 0.5) is 28.7 Å². The fourth-order valence-corrected chi connectivity index (χ4v) is 2.21. The van der Waals surface area contributed by atoms with E-state index in [-0.39, 0.29) is 0 Å². The molecule has 2 heterocycles. The van der Waals surface area contributed by atoms with Gasteiger partial charge in [-0.3, -0.25) is 4.98 Å². The predicted octanol–water partition coefficient (Wildman–Crippen LogP) is 2.96. The van der Waals surface area contributed by atoms with E-state index in [0.29, 0.717) is 34.5 Å². The molecule has 2 aromatic heterocycles. The minimum absolute atomic E-state index is 0.379. The van der Waals surface area contributed by atoms with Crippen molar-refractivity contribution in [2.24, 2.45) is 0 Å². The molecule has 4 N–H and O–H groups in total. The first-order valence-corrected chi connectivity index (χ1v) is 7.48. The van der Waals surface area contributed by atoms with Crippen molar-refractivity contribution in [3.05, 3.63) is 49.1 Å². The number of ether oxygens (including phenoxy) is 2. The Morgan fingerprint density at radius 2 is 1.64 bits per heavy atom. The van der Waals surface area contributed by atoms with Gasteiger partial charge in [-0.05, 0) is 24.3 Å². The van der Waals surface area contributed by atoms with Crippen LogP contribution in [0, 0.1) is 0 Å². The number of nitrogens with zero attached hydrogens (tertiary/aromatic N) is 3. The topological polar surface area (TPSA) is 107 Å². The Hall–Kier alpha value is -3.55. The zero-order valence-corrected chi connectivity index (χ0v) is 13.9. The molecule has 0 saturated carbocycles. The van der Waals surface area contributed by atoms with Crippen molar-refractivity contribution < 1.29 is 9.47 Å². The van der Waals surface area contributed by atoms with E-state index in [0.717, 1.165) is 5.69 Å². The first-order valence-electron chi connectivity index (χ1n) is 7.48. The molecule has 3 rings (SSSR count). The average molecular weight is 338 g/mol. The maximum absolute atomic E-state index is 6.20. The van der Waals surface area contributed by atoms with Gasteiger partial charge in [0.1, 0.15) is 23.5 Å². The van der Waals surface area contributed by atoms with Gasteiger partial charge in [0.25, 0.3) is 0 Å². The quantitative estimate of drug-likeness (QED) is 0.630. The van der Waals surface area contributed by atoms with Crippen molar-refractivity contribution in [1.29, 1.82) is 0 Å². The standard InChI is InChI=1S/C17H18N6O2/c1-24-12-3-4-14(25-2)13(9-12)23-17-15(18)16(20-10-21-17)22-11-5-7-19-8-6-11/h3-10H,18H2,1-2H3,(H2,19,20,21,22,23). The molecule has 25 heavy (non-hydrogen) atoms. The van der Waals surface area contributed by atoms with E-state index in [4.69, 9.17) is 15.2 Å². The van der Waals surface area contributed by atoms with Crippen molar-refractivity contribution in [2.45, 2.75) is 0 Å². The van der Waals surface area contributed by atoms with Crippen molar-refractivity contribution in [1.82, 2.24) is 15.0 Å². The first kappa shape index (κ1) is 16.3. The van der Waals surface area contributed by atoms with Crippen LogP contribution < -0.4 is 25.8 Å². The van der Waals surface area contributed by atoms with Crippen LogP contribution in [-0.4, -0.2) is 29.2 Å². The summed E-state index contributed by atoms with van der Waals surface area (Å²) < 4.78 is 10.6. The zero-order chi connectivity index (χ0) is 17.6. The maximum Gasteiger partial charge on any atom is 0.159 e. The summed E-state index contributed by atoms with van der Waals surface area (Å²) in [4.78, 5) is 12.4. The summed E-state index contributed by atoms with van der Waals surface area (Å²) in [7, 11) is 3.19. The van der Waals surface area contributed by atoms with Crippen molar-refractivity contribution >= 4 is 28.7 Å². The largest absolute Gasteiger partial charge is 0.497 e. The van der Waals surface area contributed by atoms with Crippen LogP contribution in [-0.2, 0) is 0 Å². The average Bonchev–Trinajstić information content (AvgIpc) is 2.65. The molecule has 0 spiro atoms. The third kappa shape index (κ3) is 3.69. The Kier molecular flexibility index (Phi) is 4.79. The van der Waals surface area contributed by atoms with Gasteiger partial charge in [0.2, 0.25) is 0 Å². The summed E-state index contributed by atoms with van der Waals surface area (Å²) in [5, 5.41) is 6.30. The molecule has 8 heteroatoms. The number of hydrogen-bond donors (Lipinski definition) is 3. The molecular formula is C17H18N6O2. The van der Waals surface area contributed by atoms with Crippen molar-refractivity contribution in [3.8, 4) is 11.5 Å². The lowest BCUT2D eigenvalue weighted by molar-refractivity contribution is 0.405. The lowest BCUT2D eigenvalue weighted by Gasteiger charge is -2.15. The number of nitrogens with two attached hydrogens (primary N) is 1. The summed E-state index contributed by atoms with van der Waals surface area (Å²) in [5.74, 6) is 2.28. The molecule has 0 aliphatic heterocycles. The summed E-state index contributed by atoms with van der Waals surface area (Å²) in [5.41, 5.74) is 8.09. The Balaban J connectivity index is 1.90. The molecule has 0 radical (unpaired) electrons. The normalized spacial score (nSPS) is 10.2. The number of pyridine rings is 1. The highest BCUT2D eigenvalue weighted by atomic mass is 16.5. The van der Waals surface area contributed by atoms with Gasteiger partial charge in [-0.2, -0.15) is 0 Å². The number of nitrogens with one attached hydrogen (secondary N) is 2. The molecule has 0 saturated heterocycles. The van der Waals surface area contributed by atoms with Crippen LogP contribution in [0.1, 0.15) is 0 Å². The molecule has 8 nitrogen and oxygen atoms in total. The molecule has 128 valence electrons. The SMILES string of the molecule is COc1ccc(OC)c(Nc2ncnc(Nc3ccncc3)c2N)c1. The van der Waals surface area contributed by atoms with Crippen LogP contribution in [0.15, 0.2) is 49.1 Å². The Labute approximate surface area is 145 Å². The van der Waals surface area contributed by atoms with Crippen LogP contribution in [0.5, 0.6) is 11.5 Å². The molecule has 0 aliphatic rings. The van der Waals surface area contributed by atoms with Crippen LogP contribution in [0.3, 0.4) is 0 Å².